The van der Waals surface area contributed by atoms with E-state index in [1.807, 2.05) is 0 Å². The van der Waals surface area contributed by atoms with Crippen LogP contribution < -0.4 is 5.32 Å². The van der Waals surface area contributed by atoms with Crippen molar-refractivity contribution in [3.8, 4) is 0 Å². The third-order valence-corrected chi connectivity index (χ3v) is 2.58. The largest absolute Gasteiger partial charge is 0.479 e. The molecule has 0 bridgehead atoms. The number of nitrogens with zero attached hydrogens (tertiary/aromatic N) is 1. The lowest BCUT2D eigenvalue weighted by molar-refractivity contribution is -0.146. The number of hydrogen-bond acceptors (Lipinski definition) is 5. The van der Waals surface area contributed by atoms with Crippen LogP contribution in [0.15, 0.2) is 0 Å². The number of ether oxygens (including phenoxy) is 1. The van der Waals surface area contributed by atoms with Crippen LogP contribution in [0.3, 0.4) is 0 Å². The van der Waals surface area contributed by atoms with E-state index in [0.717, 1.165) is 12.8 Å². The van der Waals surface area contributed by atoms with Gasteiger partial charge in [-0.2, -0.15) is 0 Å². The first-order chi connectivity index (χ1) is 8.95. The van der Waals surface area contributed by atoms with Gasteiger partial charge >= 0.3 is 18.0 Å². The number of nitrogens with one attached hydrogen (secondary N) is 1. The number of aliphatic hydroxyl groups is 1. The van der Waals surface area contributed by atoms with E-state index in [2.05, 4.69) is 5.32 Å². The zero-order valence-electron chi connectivity index (χ0n) is 10.7. The number of carbonyl (C=O) groups is 3. The van der Waals surface area contributed by atoms with Crippen molar-refractivity contribution in [2.75, 3.05) is 19.7 Å². The summed E-state index contributed by atoms with van der Waals surface area (Å²) in [4.78, 5) is 34.8. The van der Waals surface area contributed by atoms with Crippen LogP contribution in [0.2, 0.25) is 0 Å². The molecule has 0 aliphatic heterocycles. The van der Waals surface area contributed by atoms with Crippen molar-refractivity contribution < 1.29 is 29.3 Å². The second-order valence-corrected chi connectivity index (χ2v) is 4.20. The van der Waals surface area contributed by atoms with Crippen LogP contribution in [-0.2, 0) is 14.3 Å². The second kappa shape index (κ2) is 6.93. The standard InChI is InChI=1S/C11H18N2O6/c1-2-19-9(15)6-13(7-3-4-7)11(18)12-5-8(14)10(16)17/h7-8,14H,2-6H2,1H3,(H,12,18)(H,16,17)/t8-/m0/s1. The Morgan fingerprint density at radius 3 is 2.53 bits per heavy atom. The number of amides is 2. The lowest BCUT2D eigenvalue weighted by Crippen LogP contribution is -2.47. The summed E-state index contributed by atoms with van der Waals surface area (Å²) >= 11 is 0. The van der Waals surface area contributed by atoms with E-state index in [0.29, 0.717) is 0 Å². The number of aliphatic hydroxyl groups excluding tert-OH is 1. The molecule has 8 nitrogen and oxygen atoms in total. The molecule has 1 fully saturated rings. The van der Waals surface area contributed by atoms with Gasteiger partial charge in [-0.05, 0) is 19.8 Å². The first-order valence-corrected chi connectivity index (χ1v) is 6.06. The molecule has 0 unspecified atom stereocenters. The molecule has 0 aromatic heterocycles. The van der Waals surface area contributed by atoms with Crippen LogP contribution in [0, 0.1) is 0 Å². The summed E-state index contributed by atoms with van der Waals surface area (Å²) in [6.07, 6.45) is -0.0598. The summed E-state index contributed by atoms with van der Waals surface area (Å²) in [6, 6.07) is -0.595. The molecular formula is C11H18N2O6. The topological polar surface area (TPSA) is 116 Å². The fourth-order valence-electron chi connectivity index (χ4n) is 1.47. The molecular weight excluding hydrogens is 256 g/mol. The number of aliphatic carboxylic acids is 1. The smallest absolute Gasteiger partial charge is 0.334 e. The van der Waals surface area contributed by atoms with Crippen LogP contribution in [-0.4, -0.2) is 64.9 Å². The summed E-state index contributed by atoms with van der Waals surface area (Å²) in [5.41, 5.74) is 0. The quantitative estimate of drug-likeness (QED) is 0.522. The van der Waals surface area contributed by atoms with E-state index < -0.39 is 30.6 Å². The molecule has 8 heteroatoms. The molecule has 0 aromatic carbocycles. The molecule has 0 radical (unpaired) electrons. The normalized spacial score (nSPS) is 15.5. The number of rotatable bonds is 7. The minimum atomic E-state index is -1.66. The highest BCUT2D eigenvalue weighted by atomic mass is 16.5. The number of carboxylic acid groups (broad SMARTS) is 1. The van der Waals surface area contributed by atoms with E-state index in [9.17, 15) is 14.4 Å². The van der Waals surface area contributed by atoms with Gasteiger partial charge in [0.05, 0.1) is 13.2 Å². The molecule has 1 atom stereocenters. The number of esters is 1. The van der Waals surface area contributed by atoms with Gasteiger partial charge in [-0.25, -0.2) is 9.59 Å². The number of urea groups is 1. The average Bonchev–Trinajstić information content (AvgIpc) is 3.16. The van der Waals surface area contributed by atoms with Crippen LogP contribution in [0.5, 0.6) is 0 Å². The van der Waals surface area contributed by atoms with E-state index in [4.69, 9.17) is 14.9 Å². The van der Waals surface area contributed by atoms with E-state index in [1.54, 1.807) is 6.92 Å². The van der Waals surface area contributed by atoms with Gasteiger partial charge in [-0.1, -0.05) is 0 Å². The maximum Gasteiger partial charge on any atom is 0.334 e. The Hall–Kier alpha value is -1.83. The highest BCUT2D eigenvalue weighted by molar-refractivity contribution is 5.82. The number of hydrogen-bond donors (Lipinski definition) is 3. The highest BCUT2D eigenvalue weighted by Gasteiger charge is 2.34. The highest BCUT2D eigenvalue weighted by Crippen LogP contribution is 2.26. The van der Waals surface area contributed by atoms with Crippen LogP contribution in [0.1, 0.15) is 19.8 Å². The minimum absolute atomic E-state index is 0.0219. The Labute approximate surface area is 110 Å². The van der Waals surface area contributed by atoms with Gasteiger partial charge in [-0.3, -0.25) is 4.79 Å². The lowest BCUT2D eigenvalue weighted by atomic mass is 10.3. The van der Waals surface area contributed by atoms with Crippen molar-refractivity contribution in [3.05, 3.63) is 0 Å². The molecule has 0 heterocycles. The van der Waals surface area contributed by atoms with Crippen LogP contribution in [0.4, 0.5) is 4.79 Å². The van der Waals surface area contributed by atoms with Crippen molar-refractivity contribution in [1.82, 2.24) is 10.2 Å². The summed E-state index contributed by atoms with van der Waals surface area (Å²) in [5.74, 6) is -1.92. The summed E-state index contributed by atoms with van der Waals surface area (Å²) in [6.45, 7) is 1.33. The molecule has 108 valence electrons. The van der Waals surface area contributed by atoms with Gasteiger partial charge in [0.1, 0.15) is 6.54 Å². The van der Waals surface area contributed by atoms with Gasteiger partial charge in [0, 0.05) is 6.04 Å². The van der Waals surface area contributed by atoms with Crippen molar-refractivity contribution in [1.29, 1.82) is 0 Å². The molecule has 0 saturated heterocycles. The third-order valence-electron chi connectivity index (χ3n) is 2.58. The fourth-order valence-corrected chi connectivity index (χ4v) is 1.47. The lowest BCUT2D eigenvalue weighted by Gasteiger charge is -2.22. The predicted molar refractivity (Wildman–Crippen MR) is 63.4 cm³/mol. The van der Waals surface area contributed by atoms with Crippen molar-refractivity contribution in [2.45, 2.75) is 31.9 Å². The zero-order valence-corrected chi connectivity index (χ0v) is 10.7. The summed E-state index contributed by atoms with van der Waals surface area (Å²) in [7, 11) is 0. The molecule has 2 amide bonds. The van der Waals surface area contributed by atoms with Gasteiger partial charge in [0.2, 0.25) is 0 Å². The maximum absolute atomic E-state index is 11.8. The van der Waals surface area contributed by atoms with Gasteiger partial charge in [0.25, 0.3) is 0 Å². The molecule has 0 spiro atoms. The summed E-state index contributed by atoms with van der Waals surface area (Å²) in [5, 5.41) is 19.8. The Balaban J connectivity index is 2.44. The molecule has 0 aromatic rings. The van der Waals surface area contributed by atoms with Crippen molar-refractivity contribution in [3.63, 3.8) is 0 Å². The monoisotopic (exact) mass is 274 g/mol. The molecule has 1 saturated carbocycles. The van der Waals surface area contributed by atoms with Gasteiger partial charge in [-0.15, -0.1) is 0 Å². The van der Waals surface area contributed by atoms with E-state index >= 15 is 0 Å². The Kier molecular flexibility index (Phi) is 5.56. The Bertz CT molecular complexity index is 355. The fraction of sp³-hybridized carbons (Fsp3) is 0.727. The first kappa shape index (κ1) is 15.2. The van der Waals surface area contributed by atoms with Crippen molar-refractivity contribution in [2.24, 2.45) is 0 Å². The Morgan fingerprint density at radius 2 is 2.05 bits per heavy atom. The predicted octanol–water partition coefficient (Wildman–Crippen LogP) is -0.831. The summed E-state index contributed by atoms with van der Waals surface area (Å²) < 4.78 is 4.76. The zero-order chi connectivity index (χ0) is 14.4. The molecule has 19 heavy (non-hydrogen) atoms. The molecule has 3 N–H and O–H groups in total. The third kappa shape index (κ3) is 5.12. The molecule has 1 aliphatic rings. The van der Waals surface area contributed by atoms with E-state index in [1.165, 1.54) is 4.90 Å². The van der Waals surface area contributed by atoms with Crippen LogP contribution in [0.25, 0.3) is 0 Å². The van der Waals surface area contributed by atoms with E-state index in [-0.39, 0.29) is 19.2 Å². The Morgan fingerprint density at radius 1 is 1.42 bits per heavy atom. The SMILES string of the molecule is CCOC(=O)CN(C(=O)NC[C@H](O)C(=O)O)C1CC1. The number of carbonyl (C=O) groups excluding carboxylic acids is 2. The number of carboxylic acids is 1. The second-order valence-electron chi connectivity index (χ2n) is 4.20. The first-order valence-electron chi connectivity index (χ1n) is 6.06. The van der Waals surface area contributed by atoms with Crippen molar-refractivity contribution >= 4 is 18.0 Å². The molecule has 1 rings (SSSR count). The average molecular weight is 274 g/mol. The van der Waals surface area contributed by atoms with Gasteiger partial charge in [0.15, 0.2) is 6.10 Å². The molecule has 1 aliphatic carbocycles. The van der Waals surface area contributed by atoms with Gasteiger partial charge < -0.3 is 25.2 Å². The van der Waals surface area contributed by atoms with Crippen LogP contribution >= 0.6 is 0 Å². The minimum Gasteiger partial charge on any atom is -0.479 e. The maximum atomic E-state index is 11.8.